The number of amides is 1. The first-order chi connectivity index (χ1) is 7.65. The summed E-state index contributed by atoms with van der Waals surface area (Å²) in [6.45, 7) is 1.76. The molecule has 5 nitrogen and oxygen atoms in total. The highest BCUT2D eigenvalue weighted by Crippen LogP contribution is 2.11. The molecule has 2 heterocycles. The highest BCUT2D eigenvalue weighted by Gasteiger charge is 2.09. The number of aromatic nitrogens is 2. The second-order valence-corrected chi connectivity index (χ2v) is 3.51. The van der Waals surface area contributed by atoms with E-state index < -0.39 is 0 Å². The van der Waals surface area contributed by atoms with Crippen molar-refractivity contribution in [2.45, 2.75) is 6.92 Å². The number of anilines is 1. The van der Waals surface area contributed by atoms with Crippen LogP contribution in [0.25, 0.3) is 0 Å². The Bertz CT molecular complexity index is 524. The Morgan fingerprint density at radius 2 is 2.31 bits per heavy atom. The van der Waals surface area contributed by atoms with E-state index in [0.29, 0.717) is 17.1 Å². The minimum Gasteiger partial charge on any atom is -0.469 e. The summed E-state index contributed by atoms with van der Waals surface area (Å²) in [6, 6.07) is 1.63. The summed E-state index contributed by atoms with van der Waals surface area (Å²) in [4.78, 5) is 19.3. The van der Waals surface area contributed by atoms with Gasteiger partial charge >= 0.3 is 0 Å². The molecule has 2 aromatic rings. The van der Waals surface area contributed by atoms with Gasteiger partial charge in [0.1, 0.15) is 17.2 Å². The van der Waals surface area contributed by atoms with Crippen LogP contribution in [0.2, 0.25) is 5.15 Å². The number of carbonyl (C=O) groups excluding carboxylic acids is 1. The molecule has 0 saturated heterocycles. The maximum atomic E-state index is 11.7. The number of nitrogens with zero attached hydrogens (tertiary/aromatic N) is 2. The van der Waals surface area contributed by atoms with Crippen molar-refractivity contribution in [3.63, 3.8) is 0 Å². The standard InChI is InChI=1S/C10H8ClN3O2/c1-6-2-7(5-16-6)10(15)14-9-4-12-3-8(11)13-9/h2-5H,1H3,(H,13,14,15). The SMILES string of the molecule is Cc1cc(C(=O)Nc2cncc(Cl)n2)co1. The highest BCUT2D eigenvalue weighted by molar-refractivity contribution is 6.29. The Morgan fingerprint density at radius 3 is 2.94 bits per heavy atom. The van der Waals surface area contributed by atoms with Gasteiger partial charge < -0.3 is 9.73 Å². The molecule has 2 aromatic heterocycles. The Kier molecular flexibility index (Phi) is 2.87. The van der Waals surface area contributed by atoms with E-state index in [0.717, 1.165) is 0 Å². The van der Waals surface area contributed by atoms with Crippen LogP contribution in [0.3, 0.4) is 0 Å². The zero-order valence-electron chi connectivity index (χ0n) is 8.40. The van der Waals surface area contributed by atoms with Crippen molar-refractivity contribution in [1.29, 1.82) is 0 Å². The summed E-state index contributed by atoms with van der Waals surface area (Å²) in [5.74, 6) is 0.659. The van der Waals surface area contributed by atoms with Crippen molar-refractivity contribution < 1.29 is 9.21 Å². The summed E-state index contributed by atoms with van der Waals surface area (Å²) < 4.78 is 5.02. The molecule has 16 heavy (non-hydrogen) atoms. The van der Waals surface area contributed by atoms with E-state index in [1.54, 1.807) is 13.0 Å². The van der Waals surface area contributed by atoms with Gasteiger partial charge in [0.05, 0.1) is 18.0 Å². The van der Waals surface area contributed by atoms with Crippen molar-refractivity contribution in [2.24, 2.45) is 0 Å². The minimum absolute atomic E-state index is 0.223. The molecule has 2 rings (SSSR count). The largest absolute Gasteiger partial charge is 0.469 e. The number of furan rings is 1. The van der Waals surface area contributed by atoms with Crippen molar-refractivity contribution in [3.05, 3.63) is 41.2 Å². The molecule has 0 aromatic carbocycles. The minimum atomic E-state index is -0.312. The first-order valence-corrected chi connectivity index (χ1v) is 4.87. The third-order valence-corrected chi connectivity index (χ3v) is 2.02. The molecular weight excluding hydrogens is 230 g/mol. The third kappa shape index (κ3) is 2.38. The number of rotatable bonds is 2. The van der Waals surface area contributed by atoms with Gasteiger partial charge in [-0.15, -0.1) is 0 Å². The van der Waals surface area contributed by atoms with E-state index in [-0.39, 0.29) is 11.1 Å². The first-order valence-electron chi connectivity index (χ1n) is 4.49. The quantitative estimate of drug-likeness (QED) is 0.870. The average molecular weight is 238 g/mol. The topological polar surface area (TPSA) is 68.0 Å². The molecular formula is C10H8ClN3O2. The lowest BCUT2D eigenvalue weighted by Crippen LogP contribution is -2.12. The molecule has 0 saturated carbocycles. The second kappa shape index (κ2) is 4.32. The molecule has 0 radical (unpaired) electrons. The first kappa shape index (κ1) is 10.6. The van der Waals surface area contributed by atoms with Crippen LogP contribution in [-0.2, 0) is 0 Å². The fourth-order valence-corrected chi connectivity index (χ4v) is 1.30. The van der Waals surface area contributed by atoms with E-state index in [1.165, 1.54) is 18.7 Å². The third-order valence-electron chi connectivity index (χ3n) is 1.84. The van der Waals surface area contributed by atoms with Crippen molar-refractivity contribution in [1.82, 2.24) is 9.97 Å². The van der Waals surface area contributed by atoms with Crippen LogP contribution >= 0.6 is 11.6 Å². The Morgan fingerprint density at radius 1 is 1.50 bits per heavy atom. The summed E-state index contributed by atoms with van der Waals surface area (Å²) in [7, 11) is 0. The van der Waals surface area contributed by atoms with Crippen molar-refractivity contribution in [2.75, 3.05) is 5.32 Å². The fourth-order valence-electron chi connectivity index (χ4n) is 1.15. The molecule has 1 N–H and O–H groups in total. The number of aryl methyl sites for hydroxylation is 1. The van der Waals surface area contributed by atoms with Crippen LogP contribution < -0.4 is 5.32 Å². The van der Waals surface area contributed by atoms with Gasteiger partial charge in [0, 0.05) is 0 Å². The number of hydrogen-bond acceptors (Lipinski definition) is 4. The molecule has 0 spiro atoms. The second-order valence-electron chi connectivity index (χ2n) is 3.13. The van der Waals surface area contributed by atoms with E-state index >= 15 is 0 Å². The summed E-state index contributed by atoms with van der Waals surface area (Å²) in [6.07, 6.45) is 4.18. The average Bonchev–Trinajstić information content (AvgIpc) is 2.65. The monoisotopic (exact) mass is 237 g/mol. The molecule has 1 amide bonds. The Balaban J connectivity index is 2.13. The molecule has 82 valence electrons. The van der Waals surface area contributed by atoms with E-state index in [4.69, 9.17) is 16.0 Å². The van der Waals surface area contributed by atoms with Crippen LogP contribution in [0.5, 0.6) is 0 Å². The number of halogens is 1. The maximum absolute atomic E-state index is 11.7. The Labute approximate surface area is 96.5 Å². The molecule has 0 aliphatic rings. The molecule has 0 aliphatic carbocycles. The predicted molar refractivity (Wildman–Crippen MR) is 58.4 cm³/mol. The molecule has 0 unspecified atom stereocenters. The van der Waals surface area contributed by atoms with E-state index in [2.05, 4.69) is 15.3 Å². The van der Waals surface area contributed by atoms with Gasteiger partial charge in [0.15, 0.2) is 5.82 Å². The van der Waals surface area contributed by atoms with Crippen LogP contribution in [0, 0.1) is 6.92 Å². The number of nitrogens with one attached hydrogen (secondary N) is 1. The van der Waals surface area contributed by atoms with E-state index in [9.17, 15) is 4.79 Å². The summed E-state index contributed by atoms with van der Waals surface area (Å²) in [5.41, 5.74) is 0.430. The van der Waals surface area contributed by atoms with Crippen molar-refractivity contribution >= 4 is 23.3 Å². The summed E-state index contributed by atoms with van der Waals surface area (Å²) >= 11 is 5.63. The highest BCUT2D eigenvalue weighted by atomic mass is 35.5. The maximum Gasteiger partial charge on any atom is 0.260 e. The predicted octanol–water partition coefficient (Wildman–Crippen LogP) is 2.28. The van der Waals surface area contributed by atoms with E-state index in [1.807, 2.05) is 0 Å². The number of carbonyl (C=O) groups is 1. The summed E-state index contributed by atoms with van der Waals surface area (Å²) in [5, 5.41) is 2.78. The van der Waals surface area contributed by atoms with Gasteiger partial charge in [-0.05, 0) is 13.0 Å². The lowest BCUT2D eigenvalue weighted by molar-refractivity contribution is 0.102. The molecule has 0 aliphatic heterocycles. The van der Waals surface area contributed by atoms with Gasteiger partial charge in [-0.25, -0.2) is 4.98 Å². The van der Waals surface area contributed by atoms with Crippen molar-refractivity contribution in [3.8, 4) is 0 Å². The van der Waals surface area contributed by atoms with Crippen LogP contribution in [0.15, 0.2) is 29.1 Å². The lowest BCUT2D eigenvalue weighted by Gasteiger charge is -2.01. The normalized spacial score (nSPS) is 10.1. The van der Waals surface area contributed by atoms with Crippen LogP contribution in [0.4, 0.5) is 5.82 Å². The van der Waals surface area contributed by atoms with Crippen LogP contribution in [-0.4, -0.2) is 15.9 Å². The van der Waals surface area contributed by atoms with Gasteiger partial charge in [0.25, 0.3) is 5.91 Å². The molecule has 0 atom stereocenters. The Hall–Kier alpha value is -1.88. The number of hydrogen-bond donors (Lipinski definition) is 1. The fraction of sp³-hybridized carbons (Fsp3) is 0.100. The smallest absolute Gasteiger partial charge is 0.260 e. The molecule has 6 heteroatoms. The zero-order chi connectivity index (χ0) is 11.5. The lowest BCUT2D eigenvalue weighted by atomic mass is 10.3. The van der Waals surface area contributed by atoms with Gasteiger partial charge in [-0.2, -0.15) is 0 Å². The molecule has 0 bridgehead atoms. The zero-order valence-corrected chi connectivity index (χ0v) is 9.15. The van der Waals surface area contributed by atoms with Gasteiger partial charge in [0.2, 0.25) is 0 Å². The van der Waals surface area contributed by atoms with Gasteiger partial charge in [-0.1, -0.05) is 11.6 Å². The van der Waals surface area contributed by atoms with Crippen LogP contribution in [0.1, 0.15) is 16.1 Å². The van der Waals surface area contributed by atoms with Gasteiger partial charge in [-0.3, -0.25) is 9.78 Å². The molecule has 0 fully saturated rings.